The first kappa shape index (κ1) is 15.3. The smallest absolute Gasteiger partial charge is 0.117 e. The van der Waals surface area contributed by atoms with Gasteiger partial charge in [0.15, 0.2) is 0 Å². The van der Waals surface area contributed by atoms with Gasteiger partial charge in [-0.2, -0.15) is 0 Å². The highest BCUT2D eigenvalue weighted by Gasteiger charge is 2.30. The van der Waals surface area contributed by atoms with Gasteiger partial charge in [-0.3, -0.25) is 0 Å². The lowest BCUT2D eigenvalue weighted by Crippen LogP contribution is -2.33. The highest BCUT2D eigenvalue weighted by Crippen LogP contribution is 2.30. The molecule has 4 heteroatoms. The van der Waals surface area contributed by atoms with Gasteiger partial charge in [0, 0.05) is 23.6 Å². The molecule has 0 saturated carbocycles. The molecule has 0 aromatic heterocycles. The summed E-state index contributed by atoms with van der Waals surface area (Å²) < 4.78 is 5.18. The molecule has 0 fully saturated rings. The van der Waals surface area contributed by atoms with E-state index < -0.39 is 5.60 Å². The SMILES string of the molecule is COCC(O)(Cc1ccc(Cl)cc1Cl)c1ccccc1. The van der Waals surface area contributed by atoms with Gasteiger partial charge in [0.2, 0.25) is 0 Å². The Bertz CT molecular complexity index is 572. The van der Waals surface area contributed by atoms with Crippen LogP contribution in [0.3, 0.4) is 0 Å². The molecule has 0 aliphatic heterocycles. The van der Waals surface area contributed by atoms with Crippen LogP contribution in [-0.4, -0.2) is 18.8 Å². The molecule has 2 rings (SSSR count). The van der Waals surface area contributed by atoms with Crippen LogP contribution in [0.5, 0.6) is 0 Å². The number of ether oxygens (including phenoxy) is 1. The van der Waals surface area contributed by atoms with Crippen LogP contribution < -0.4 is 0 Å². The Morgan fingerprint density at radius 3 is 2.40 bits per heavy atom. The van der Waals surface area contributed by atoms with Crippen LogP contribution in [0, 0.1) is 0 Å². The van der Waals surface area contributed by atoms with Crippen LogP contribution in [0.1, 0.15) is 11.1 Å². The minimum Gasteiger partial charge on any atom is -0.382 e. The predicted molar refractivity (Wildman–Crippen MR) is 82.4 cm³/mol. The monoisotopic (exact) mass is 310 g/mol. The van der Waals surface area contributed by atoms with Crippen LogP contribution >= 0.6 is 23.2 Å². The third kappa shape index (κ3) is 3.53. The Labute approximate surface area is 128 Å². The fourth-order valence-corrected chi connectivity index (χ4v) is 2.68. The quantitative estimate of drug-likeness (QED) is 0.902. The van der Waals surface area contributed by atoms with Crippen molar-refractivity contribution in [1.82, 2.24) is 0 Å². The second-order valence-electron chi connectivity index (χ2n) is 4.74. The Hall–Kier alpha value is -1.06. The lowest BCUT2D eigenvalue weighted by Gasteiger charge is -2.28. The molecule has 1 unspecified atom stereocenters. The summed E-state index contributed by atoms with van der Waals surface area (Å²) in [4.78, 5) is 0. The maximum absolute atomic E-state index is 10.9. The minimum absolute atomic E-state index is 0.190. The normalized spacial score (nSPS) is 14.0. The van der Waals surface area contributed by atoms with E-state index in [0.717, 1.165) is 11.1 Å². The summed E-state index contributed by atoms with van der Waals surface area (Å²) in [6.07, 6.45) is 0.362. The molecule has 0 aliphatic rings. The Balaban J connectivity index is 2.34. The lowest BCUT2D eigenvalue weighted by atomic mass is 9.88. The average molecular weight is 311 g/mol. The minimum atomic E-state index is -1.12. The molecule has 20 heavy (non-hydrogen) atoms. The summed E-state index contributed by atoms with van der Waals surface area (Å²) in [5.74, 6) is 0. The van der Waals surface area contributed by atoms with Crippen LogP contribution in [0.25, 0.3) is 0 Å². The zero-order valence-electron chi connectivity index (χ0n) is 11.1. The molecule has 0 amide bonds. The van der Waals surface area contributed by atoms with Gasteiger partial charge in [-0.1, -0.05) is 59.6 Å². The summed E-state index contributed by atoms with van der Waals surface area (Å²) >= 11 is 12.1. The van der Waals surface area contributed by atoms with Crippen molar-refractivity contribution in [2.45, 2.75) is 12.0 Å². The molecule has 2 aromatic rings. The van der Waals surface area contributed by atoms with Crippen molar-refractivity contribution in [1.29, 1.82) is 0 Å². The van der Waals surface area contributed by atoms with Crippen LogP contribution in [0.4, 0.5) is 0 Å². The van der Waals surface area contributed by atoms with Gasteiger partial charge < -0.3 is 9.84 Å². The lowest BCUT2D eigenvalue weighted by molar-refractivity contribution is -0.0355. The van der Waals surface area contributed by atoms with E-state index in [0.29, 0.717) is 16.5 Å². The number of hydrogen-bond donors (Lipinski definition) is 1. The summed E-state index contributed by atoms with van der Waals surface area (Å²) in [7, 11) is 1.57. The molecule has 0 bridgehead atoms. The summed E-state index contributed by atoms with van der Waals surface area (Å²) in [6, 6.07) is 14.7. The van der Waals surface area contributed by atoms with E-state index in [1.165, 1.54) is 0 Å². The van der Waals surface area contributed by atoms with E-state index in [1.807, 2.05) is 36.4 Å². The van der Waals surface area contributed by atoms with Crippen molar-refractivity contribution in [3.8, 4) is 0 Å². The molecular weight excluding hydrogens is 295 g/mol. The van der Waals surface area contributed by atoms with Gasteiger partial charge in [0.25, 0.3) is 0 Å². The maximum atomic E-state index is 10.9. The Kier molecular flexibility index (Phi) is 5.06. The fraction of sp³-hybridized carbons (Fsp3) is 0.250. The standard InChI is InChI=1S/C16H16Cl2O2/c1-20-11-16(19,13-5-3-2-4-6-13)10-12-7-8-14(17)9-15(12)18/h2-9,19H,10-11H2,1H3. The number of hydrogen-bond acceptors (Lipinski definition) is 2. The van der Waals surface area contributed by atoms with E-state index in [1.54, 1.807) is 19.2 Å². The summed E-state index contributed by atoms with van der Waals surface area (Å²) in [5, 5.41) is 12.0. The van der Waals surface area contributed by atoms with Gasteiger partial charge in [0.05, 0.1) is 6.61 Å². The Morgan fingerprint density at radius 1 is 1.10 bits per heavy atom. The van der Waals surface area contributed by atoms with Crippen molar-refractivity contribution in [3.05, 3.63) is 69.7 Å². The molecule has 2 aromatic carbocycles. The first-order valence-electron chi connectivity index (χ1n) is 6.26. The third-order valence-corrected chi connectivity index (χ3v) is 3.78. The van der Waals surface area contributed by atoms with Gasteiger partial charge >= 0.3 is 0 Å². The van der Waals surface area contributed by atoms with Crippen molar-refractivity contribution < 1.29 is 9.84 Å². The fourth-order valence-electron chi connectivity index (χ4n) is 2.20. The van der Waals surface area contributed by atoms with Crippen molar-refractivity contribution in [2.75, 3.05) is 13.7 Å². The highest BCUT2D eigenvalue weighted by molar-refractivity contribution is 6.35. The molecular formula is C16H16Cl2O2. The number of rotatable bonds is 5. The maximum Gasteiger partial charge on any atom is 0.117 e. The molecule has 0 saturated heterocycles. The van der Waals surface area contributed by atoms with Gasteiger partial charge in [-0.25, -0.2) is 0 Å². The van der Waals surface area contributed by atoms with E-state index in [2.05, 4.69) is 0 Å². The van der Waals surface area contributed by atoms with Crippen LogP contribution in [0.15, 0.2) is 48.5 Å². The van der Waals surface area contributed by atoms with Gasteiger partial charge in [-0.15, -0.1) is 0 Å². The second kappa shape index (κ2) is 6.59. The van der Waals surface area contributed by atoms with Crippen LogP contribution in [0.2, 0.25) is 10.0 Å². The van der Waals surface area contributed by atoms with Gasteiger partial charge in [0.1, 0.15) is 5.60 Å². The second-order valence-corrected chi connectivity index (χ2v) is 5.59. The van der Waals surface area contributed by atoms with Crippen molar-refractivity contribution >= 4 is 23.2 Å². The molecule has 1 N–H and O–H groups in total. The molecule has 0 spiro atoms. The highest BCUT2D eigenvalue weighted by atomic mass is 35.5. The van der Waals surface area contributed by atoms with Crippen molar-refractivity contribution in [3.63, 3.8) is 0 Å². The zero-order chi connectivity index (χ0) is 14.6. The number of methoxy groups -OCH3 is 1. The number of benzene rings is 2. The largest absolute Gasteiger partial charge is 0.382 e. The summed E-state index contributed by atoms with van der Waals surface area (Å²) in [6.45, 7) is 0.190. The topological polar surface area (TPSA) is 29.5 Å². The van der Waals surface area contributed by atoms with Crippen molar-refractivity contribution in [2.24, 2.45) is 0 Å². The summed E-state index contributed by atoms with van der Waals surface area (Å²) in [5.41, 5.74) is 0.514. The van der Waals surface area contributed by atoms with Crippen LogP contribution in [-0.2, 0) is 16.8 Å². The van der Waals surface area contributed by atoms with Gasteiger partial charge in [-0.05, 0) is 23.3 Å². The molecule has 1 atom stereocenters. The molecule has 2 nitrogen and oxygen atoms in total. The zero-order valence-corrected chi connectivity index (χ0v) is 12.7. The number of halogens is 2. The van der Waals surface area contributed by atoms with E-state index in [-0.39, 0.29) is 6.61 Å². The average Bonchev–Trinajstić information content (AvgIpc) is 2.43. The Morgan fingerprint density at radius 2 is 1.80 bits per heavy atom. The van der Waals surface area contributed by atoms with E-state index in [4.69, 9.17) is 27.9 Å². The van der Waals surface area contributed by atoms with E-state index >= 15 is 0 Å². The number of aliphatic hydroxyl groups is 1. The molecule has 106 valence electrons. The van der Waals surface area contributed by atoms with E-state index in [9.17, 15) is 5.11 Å². The first-order valence-corrected chi connectivity index (χ1v) is 7.01. The first-order chi connectivity index (χ1) is 9.55. The predicted octanol–water partition coefficient (Wildman–Crippen LogP) is 4.07. The third-order valence-electron chi connectivity index (χ3n) is 3.19. The molecule has 0 aliphatic carbocycles. The molecule has 0 heterocycles. The molecule has 0 radical (unpaired) electrons.